The summed E-state index contributed by atoms with van der Waals surface area (Å²) in [5.74, 6) is 3.42. The van der Waals surface area contributed by atoms with Gasteiger partial charge in [-0.3, -0.25) is 4.90 Å². The molecule has 1 N–H and O–H groups in total. The van der Waals surface area contributed by atoms with Crippen LogP contribution < -0.4 is 14.8 Å². The summed E-state index contributed by atoms with van der Waals surface area (Å²) < 4.78 is 10.9. The normalized spacial score (nSPS) is 11.2. The van der Waals surface area contributed by atoms with E-state index in [1.165, 1.54) is 10.4 Å². The van der Waals surface area contributed by atoms with Crippen molar-refractivity contribution < 1.29 is 9.47 Å². The fourth-order valence-electron chi connectivity index (χ4n) is 3.88. The van der Waals surface area contributed by atoms with E-state index in [9.17, 15) is 0 Å². The Bertz CT molecular complexity index is 1250. The van der Waals surface area contributed by atoms with Gasteiger partial charge in [-0.2, -0.15) is 0 Å². The fraction of sp³-hybridized carbons (Fsp3) is 0.308. The molecule has 0 saturated carbocycles. The summed E-state index contributed by atoms with van der Waals surface area (Å²) in [4.78, 5) is 14.3. The Hall–Kier alpha value is -3.16. The number of methoxy groups -OCH3 is 2. The minimum Gasteiger partial charge on any atom is -0.497 e. The molecular weight excluding hydrogens is 432 g/mol. The SMILES string of the molecule is COc1cccc(CNc2nc(CN(C)Cc3ccccc3OC)nc3sc(C)c(C)c23)c1. The van der Waals surface area contributed by atoms with Gasteiger partial charge in [0.15, 0.2) is 0 Å². The van der Waals surface area contributed by atoms with Gasteiger partial charge in [-0.1, -0.05) is 30.3 Å². The largest absolute Gasteiger partial charge is 0.497 e. The Labute approximate surface area is 199 Å². The van der Waals surface area contributed by atoms with Crippen LogP contribution in [0, 0.1) is 13.8 Å². The second kappa shape index (κ2) is 10.2. The third-order valence-corrected chi connectivity index (χ3v) is 6.81. The molecule has 0 unspecified atom stereocenters. The summed E-state index contributed by atoms with van der Waals surface area (Å²) in [6, 6.07) is 16.2. The molecule has 2 aromatic carbocycles. The summed E-state index contributed by atoms with van der Waals surface area (Å²) in [5, 5.41) is 4.66. The molecule has 0 aliphatic rings. The maximum atomic E-state index is 5.50. The molecule has 7 heteroatoms. The van der Waals surface area contributed by atoms with E-state index in [-0.39, 0.29) is 0 Å². The van der Waals surface area contributed by atoms with E-state index < -0.39 is 0 Å². The number of thiophene rings is 1. The topological polar surface area (TPSA) is 59.5 Å². The molecule has 33 heavy (non-hydrogen) atoms. The summed E-state index contributed by atoms with van der Waals surface area (Å²) in [7, 11) is 5.47. The van der Waals surface area contributed by atoms with E-state index in [0.717, 1.165) is 51.0 Å². The molecule has 0 radical (unpaired) electrons. The Morgan fingerprint density at radius 1 is 0.970 bits per heavy atom. The number of rotatable bonds is 9. The quantitative estimate of drug-likeness (QED) is 0.351. The predicted molar refractivity (Wildman–Crippen MR) is 135 cm³/mol. The van der Waals surface area contributed by atoms with Crippen LogP contribution in [0.3, 0.4) is 0 Å². The number of ether oxygens (including phenoxy) is 2. The first kappa shape index (κ1) is 23.0. The van der Waals surface area contributed by atoms with E-state index in [2.05, 4.69) is 43.2 Å². The lowest BCUT2D eigenvalue weighted by Gasteiger charge is -2.18. The molecule has 0 saturated heterocycles. The molecule has 0 amide bonds. The van der Waals surface area contributed by atoms with Crippen LogP contribution in [0.25, 0.3) is 10.2 Å². The Kier molecular flexibility index (Phi) is 7.11. The lowest BCUT2D eigenvalue weighted by Crippen LogP contribution is -2.19. The average Bonchev–Trinajstić information content (AvgIpc) is 3.11. The van der Waals surface area contributed by atoms with Crippen molar-refractivity contribution in [3.8, 4) is 11.5 Å². The molecular formula is C26H30N4O2S. The molecule has 2 aromatic heterocycles. The van der Waals surface area contributed by atoms with Crippen molar-refractivity contribution >= 4 is 27.4 Å². The average molecular weight is 463 g/mol. The molecule has 0 fully saturated rings. The van der Waals surface area contributed by atoms with Gasteiger partial charge < -0.3 is 14.8 Å². The minimum absolute atomic E-state index is 0.637. The molecule has 172 valence electrons. The Balaban J connectivity index is 1.58. The van der Waals surface area contributed by atoms with Crippen LogP contribution in [0.1, 0.15) is 27.4 Å². The lowest BCUT2D eigenvalue weighted by molar-refractivity contribution is 0.303. The molecule has 6 nitrogen and oxygen atoms in total. The van der Waals surface area contributed by atoms with Crippen molar-refractivity contribution in [2.24, 2.45) is 0 Å². The van der Waals surface area contributed by atoms with Crippen molar-refractivity contribution in [1.29, 1.82) is 0 Å². The molecule has 0 spiro atoms. The van der Waals surface area contributed by atoms with Gasteiger partial charge >= 0.3 is 0 Å². The first-order valence-corrected chi connectivity index (χ1v) is 11.7. The van der Waals surface area contributed by atoms with Gasteiger partial charge in [-0.25, -0.2) is 9.97 Å². The first-order valence-electron chi connectivity index (χ1n) is 10.9. The van der Waals surface area contributed by atoms with Gasteiger partial charge in [0.25, 0.3) is 0 Å². The molecule has 4 aromatic rings. The van der Waals surface area contributed by atoms with Gasteiger partial charge in [0.05, 0.1) is 26.2 Å². The van der Waals surface area contributed by atoms with E-state index >= 15 is 0 Å². The molecule has 0 aliphatic heterocycles. The monoisotopic (exact) mass is 462 g/mol. The van der Waals surface area contributed by atoms with Crippen LogP contribution in [0.5, 0.6) is 11.5 Å². The highest BCUT2D eigenvalue weighted by Gasteiger charge is 2.16. The minimum atomic E-state index is 0.637. The smallest absolute Gasteiger partial charge is 0.146 e. The number of anilines is 1. The highest BCUT2D eigenvalue weighted by Crippen LogP contribution is 2.34. The van der Waals surface area contributed by atoms with Gasteiger partial charge in [-0.05, 0) is 50.2 Å². The number of aromatic nitrogens is 2. The van der Waals surface area contributed by atoms with Crippen LogP contribution in [0.15, 0.2) is 48.5 Å². The second-order valence-electron chi connectivity index (χ2n) is 8.14. The standard InChI is InChI=1S/C26H30N4O2S/c1-17-18(2)33-26-24(17)25(27-14-19-9-8-11-21(13-19)31-4)28-23(29-26)16-30(3)15-20-10-6-7-12-22(20)32-5/h6-13H,14-16H2,1-5H3,(H,27,28,29). The van der Waals surface area contributed by atoms with Crippen LogP contribution in [0.4, 0.5) is 5.82 Å². The van der Waals surface area contributed by atoms with Crippen molar-refractivity contribution in [3.63, 3.8) is 0 Å². The van der Waals surface area contributed by atoms with Crippen LogP contribution in [-0.4, -0.2) is 36.1 Å². The maximum absolute atomic E-state index is 5.50. The fourth-order valence-corrected chi connectivity index (χ4v) is 4.93. The number of hydrogen-bond donors (Lipinski definition) is 1. The molecule has 0 bridgehead atoms. The lowest BCUT2D eigenvalue weighted by atomic mass is 10.2. The molecule has 2 heterocycles. The third-order valence-electron chi connectivity index (χ3n) is 5.71. The number of aryl methyl sites for hydroxylation is 2. The Morgan fingerprint density at radius 3 is 2.58 bits per heavy atom. The van der Waals surface area contributed by atoms with Crippen LogP contribution in [0.2, 0.25) is 0 Å². The first-order chi connectivity index (χ1) is 16.0. The molecule has 0 atom stereocenters. The van der Waals surface area contributed by atoms with Gasteiger partial charge in [0.1, 0.15) is 28.0 Å². The number of nitrogens with zero attached hydrogens (tertiary/aromatic N) is 3. The van der Waals surface area contributed by atoms with E-state index in [1.54, 1.807) is 25.6 Å². The summed E-state index contributed by atoms with van der Waals surface area (Å²) in [6.45, 7) is 6.33. The zero-order chi connectivity index (χ0) is 23.4. The molecule has 0 aliphatic carbocycles. The number of fused-ring (bicyclic) bond motifs is 1. The van der Waals surface area contributed by atoms with Gasteiger partial charge in [0, 0.05) is 23.5 Å². The van der Waals surface area contributed by atoms with Crippen molar-refractivity contribution in [3.05, 3.63) is 75.9 Å². The number of benzene rings is 2. The van der Waals surface area contributed by atoms with Crippen molar-refractivity contribution in [2.45, 2.75) is 33.5 Å². The van der Waals surface area contributed by atoms with E-state index in [1.807, 2.05) is 36.4 Å². The van der Waals surface area contributed by atoms with Crippen LogP contribution >= 0.6 is 11.3 Å². The maximum Gasteiger partial charge on any atom is 0.146 e. The predicted octanol–water partition coefficient (Wildman–Crippen LogP) is 5.57. The summed E-state index contributed by atoms with van der Waals surface area (Å²) >= 11 is 1.72. The Morgan fingerprint density at radius 2 is 1.79 bits per heavy atom. The zero-order valence-electron chi connectivity index (χ0n) is 19.8. The number of hydrogen-bond acceptors (Lipinski definition) is 7. The number of para-hydroxylation sites is 1. The van der Waals surface area contributed by atoms with Crippen molar-refractivity contribution in [1.82, 2.24) is 14.9 Å². The van der Waals surface area contributed by atoms with Gasteiger partial charge in [-0.15, -0.1) is 11.3 Å². The third kappa shape index (κ3) is 5.26. The summed E-state index contributed by atoms with van der Waals surface area (Å²) in [6.07, 6.45) is 0. The highest BCUT2D eigenvalue weighted by atomic mass is 32.1. The zero-order valence-corrected chi connectivity index (χ0v) is 20.6. The molecule has 4 rings (SSSR count). The summed E-state index contributed by atoms with van der Waals surface area (Å²) in [5.41, 5.74) is 3.51. The van der Waals surface area contributed by atoms with Gasteiger partial charge in [0.2, 0.25) is 0 Å². The number of nitrogens with one attached hydrogen (secondary N) is 1. The van der Waals surface area contributed by atoms with Crippen LogP contribution in [-0.2, 0) is 19.6 Å². The highest BCUT2D eigenvalue weighted by molar-refractivity contribution is 7.18. The van der Waals surface area contributed by atoms with Crippen molar-refractivity contribution in [2.75, 3.05) is 26.6 Å². The van der Waals surface area contributed by atoms with E-state index in [4.69, 9.17) is 19.4 Å². The second-order valence-corrected chi connectivity index (χ2v) is 9.34. The van der Waals surface area contributed by atoms with E-state index in [0.29, 0.717) is 13.1 Å².